The van der Waals surface area contributed by atoms with Gasteiger partial charge in [-0.2, -0.15) is 0 Å². The number of carbonyl (C=O) groups excluding carboxylic acids is 2. The number of halogens is 1. The van der Waals surface area contributed by atoms with Crippen LogP contribution in [-0.2, 0) is 14.3 Å². The molecule has 1 amide bonds. The highest BCUT2D eigenvalue weighted by Crippen LogP contribution is 2.32. The monoisotopic (exact) mass is 588 g/mol. The molecule has 0 aromatic heterocycles. The van der Waals surface area contributed by atoms with Crippen molar-refractivity contribution in [3.63, 3.8) is 0 Å². The molecular weight excluding hydrogens is 548 g/mol. The van der Waals surface area contributed by atoms with Crippen molar-refractivity contribution in [2.24, 2.45) is 5.92 Å². The van der Waals surface area contributed by atoms with E-state index in [9.17, 15) is 30.0 Å². The van der Waals surface area contributed by atoms with Crippen molar-refractivity contribution in [2.75, 3.05) is 26.0 Å². The number of ether oxygens (including phenoxy) is 2. The lowest BCUT2D eigenvalue weighted by Crippen LogP contribution is -2.65. The maximum atomic E-state index is 13.3. The number of benzene rings is 1. The van der Waals surface area contributed by atoms with Crippen LogP contribution >= 0.6 is 23.4 Å². The van der Waals surface area contributed by atoms with Crippen LogP contribution < -0.4 is 5.32 Å². The molecule has 220 valence electrons. The van der Waals surface area contributed by atoms with Gasteiger partial charge in [-0.15, -0.1) is 23.4 Å². The van der Waals surface area contributed by atoms with E-state index in [1.165, 1.54) is 12.1 Å². The Balaban J connectivity index is 1.59. The van der Waals surface area contributed by atoms with Gasteiger partial charge in [-0.3, -0.25) is 9.69 Å². The molecule has 2 saturated heterocycles. The highest BCUT2D eigenvalue weighted by molar-refractivity contribution is 7.99. The summed E-state index contributed by atoms with van der Waals surface area (Å²) in [5, 5.41) is 43.9. The number of carbonyl (C=O) groups is 2. The van der Waals surface area contributed by atoms with Gasteiger partial charge in [0.05, 0.1) is 17.5 Å². The number of phenols is 1. The second-order valence-electron chi connectivity index (χ2n) is 10.4. The van der Waals surface area contributed by atoms with Gasteiger partial charge in [0.25, 0.3) is 0 Å². The van der Waals surface area contributed by atoms with E-state index in [1.807, 2.05) is 11.9 Å². The van der Waals surface area contributed by atoms with Crippen LogP contribution in [0.15, 0.2) is 24.3 Å². The number of thioether (sulfide) groups is 1. The Labute approximate surface area is 239 Å². The van der Waals surface area contributed by atoms with Gasteiger partial charge in [-0.05, 0) is 44.9 Å². The molecule has 2 heterocycles. The van der Waals surface area contributed by atoms with Crippen LogP contribution in [-0.4, -0.2) is 110 Å². The number of para-hydroxylation sites is 1. The van der Waals surface area contributed by atoms with Crippen molar-refractivity contribution < 1.29 is 39.5 Å². The molecule has 1 aromatic carbocycles. The Morgan fingerprint density at radius 1 is 1.23 bits per heavy atom. The Morgan fingerprint density at radius 2 is 1.95 bits per heavy atom. The normalized spacial score (nSPS) is 31.0. The summed E-state index contributed by atoms with van der Waals surface area (Å²) in [6.45, 7) is 4.60. The van der Waals surface area contributed by atoms with E-state index in [0.717, 1.165) is 44.0 Å². The first-order valence-corrected chi connectivity index (χ1v) is 14.9. The number of aromatic hydroxyl groups is 1. The zero-order valence-electron chi connectivity index (χ0n) is 22.6. The minimum Gasteiger partial charge on any atom is -0.507 e. The molecular formula is C27H41ClN2O8S. The van der Waals surface area contributed by atoms with Gasteiger partial charge in [-0.1, -0.05) is 31.9 Å². The lowest BCUT2D eigenvalue weighted by atomic mass is 9.92. The van der Waals surface area contributed by atoms with Gasteiger partial charge in [0.15, 0.2) is 0 Å². The predicted molar refractivity (Wildman–Crippen MR) is 149 cm³/mol. The number of nitrogens with one attached hydrogen (secondary N) is 1. The first-order valence-electron chi connectivity index (χ1n) is 13.5. The van der Waals surface area contributed by atoms with E-state index in [2.05, 4.69) is 12.2 Å². The summed E-state index contributed by atoms with van der Waals surface area (Å²) in [6, 6.07) is 4.86. The number of hydrogen-bond acceptors (Lipinski definition) is 10. The number of aliphatic hydroxyl groups is 3. The van der Waals surface area contributed by atoms with E-state index in [-0.39, 0.29) is 35.6 Å². The second kappa shape index (κ2) is 14.9. The highest BCUT2D eigenvalue weighted by atomic mass is 35.5. The number of likely N-dealkylation sites (N-methyl/N-ethyl adjacent to an activating group) is 1. The fourth-order valence-electron chi connectivity index (χ4n) is 5.16. The van der Waals surface area contributed by atoms with Crippen molar-refractivity contribution in [3.05, 3.63) is 29.8 Å². The Bertz CT molecular complexity index is 956. The molecule has 0 radical (unpaired) electrons. The number of alkyl halides is 1. The van der Waals surface area contributed by atoms with E-state index >= 15 is 0 Å². The van der Waals surface area contributed by atoms with Crippen molar-refractivity contribution in [3.8, 4) is 5.75 Å². The zero-order valence-corrected chi connectivity index (χ0v) is 24.2. The van der Waals surface area contributed by atoms with E-state index < -0.39 is 47.2 Å². The number of esters is 1. The average molecular weight is 589 g/mol. The second-order valence-corrected chi connectivity index (χ2v) is 12.3. The summed E-state index contributed by atoms with van der Waals surface area (Å²) >= 11 is 7.53. The van der Waals surface area contributed by atoms with Crippen LogP contribution in [0, 0.1) is 5.92 Å². The van der Waals surface area contributed by atoms with Gasteiger partial charge < -0.3 is 35.2 Å². The maximum Gasteiger partial charge on any atom is 0.341 e. The van der Waals surface area contributed by atoms with Crippen LogP contribution in [0.25, 0.3) is 0 Å². The van der Waals surface area contributed by atoms with Crippen LogP contribution in [0.3, 0.4) is 0 Å². The van der Waals surface area contributed by atoms with E-state index in [0.29, 0.717) is 5.92 Å². The molecule has 2 aliphatic rings. The molecule has 2 fully saturated rings. The Kier molecular flexibility index (Phi) is 12.2. The number of unbranched alkanes of at least 4 members (excludes halogenated alkanes) is 1. The summed E-state index contributed by atoms with van der Waals surface area (Å²) in [7, 11) is 1.92. The fraction of sp³-hybridized carbons (Fsp3) is 0.704. The third-order valence-electron chi connectivity index (χ3n) is 7.39. The van der Waals surface area contributed by atoms with Gasteiger partial charge in [0.2, 0.25) is 5.91 Å². The molecule has 0 saturated carbocycles. The number of rotatable bonds is 12. The SMILES string of the molecule is CCCC[C@@H]1C[C@@H](C(=O)N[C@@H]([C@H]2O[C@H](SCCOC(=O)c3ccccc3O)[C@H](O)[C@@H](O)[C@H]2O)[C@H](C)Cl)N(C)C1. The van der Waals surface area contributed by atoms with Gasteiger partial charge >= 0.3 is 5.97 Å². The van der Waals surface area contributed by atoms with Gasteiger partial charge in [0.1, 0.15) is 47.8 Å². The average Bonchev–Trinajstić information content (AvgIpc) is 3.28. The van der Waals surface area contributed by atoms with E-state index in [4.69, 9.17) is 21.1 Å². The van der Waals surface area contributed by atoms with Crippen LogP contribution in [0.1, 0.15) is 49.9 Å². The van der Waals surface area contributed by atoms with E-state index in [1.54, 1.807) is 19.1 Å². The number of nitrogens with zero attached hydrogens (tertiary/aromatic N) is 1. The minimum atomic E-state index is -1.53. The number of hydrogen-bond donors (Lipinski definition) is 5. The van der Waals surface area contributed by atoms with Crippen molar-refractivity contribution in [1.82, 2.24) is 10.2 Å². The topological polar surface area (TPSA) is 149 Å². The molecule has 12 heteroatoms. The third-order valence-corrected chi connectivity index (χ3v) is 8.78. The Morgan fingerprint density at radius 3 is 2.62 bits per heavy atom. The van der Waals surface area contributed by atoms with Crippen molar-refractivity contribution >= 4 is 35.2 Å². The number of phenolic OH excluding ortho intramolecular Hbond substituents is 1. The van der Waals surface area contributed by atoms with Gasteiger partial charge in [-0.25, -0.2) is 4.79 Å². The summed E-state index contributed by atoms with van der Waals surface area (Å²) in [6.07, 6.45) is -1.50. The quantitative estimate of drug-likeness (QED) is 0.139. The number of amides is 1. The van der Waals surface area contributed by atoms with Crippen molar-refractivity contribution in [1.29, 1.82) is 0 Å². The standard InChI is InChI=1S/C27H41ClN2O8S/c1-4-5-8-16-13-18(30(3)14-16)25(35)29-20(15(2)28)24-22(33)21(32)23(34)27(38-24)39-12-11-37-26(36)17-9-6-7-10-19(17)31/h6-7,9-10,15-16,18,20-24,27,31-34H,4-5,8,11-14H2,1-3H3,(H,29,35)/t15-,16+,18-,20+,21-,22+,23+,24+,27+/m0/s1. The molecule has 5 N–H and O–H groups in total. The van der Waals surface area contributed by atoms with Crippen LogP contribution in [0.2, 0.25) is 0 Å². The van der Waals surface area contributed by atoms with Crippen molar-refractivity contribution in [2.45, 2.75) is 86.8 Å². The highest BCUT2D eigenvalue weighted by Gasteiger charge is 2.48. The lowest BCUT2D eigenvalue weighted by molar-refractivity contribution is -0.205. The first-order chi connectivity index (χ1) is 18.5. The molecule has 39 heavy (non-hydrogen) atoms. The third kappa shape index (κ3) is 8.22. The lowest BCUT2D eigenvalue weighted by Gasteiger charge is -2.44. The zero-order chi connectivity index (χ0) is 28.7. The molecule has 1 aromatic rings. The summed E-state index contributed by atoms with van der Waals surface area (Å²) in [5.74, 6) is -0.460. The summed E-state index contributed by atoms with van der Waals surface area (Å²) in [4.78, 5) is 27.5. The molecule has 10 nitrogen and oxygen atoms in total. The summed E-state index contributed by atoms with van der Waals surface area (Å²) in [5.41, 5.74) is -0.936. The first kappa shape index (κ1) is 31.9. The molecule has 0 unspecified atom stereocenters. The maximum absolute atomic E-state index is 13.3. The van der Waals surface area contributed by atoms with Gasteiger partial charge in [0, 0.05) is 12.3 Å². The smallest absolute Gasteiger partial charge is 0.341 e. The predicted octanol–water partition coefficient (Wildman–Crippen LogP) is 1.71. The number of likely N-dealkylation sites (tertiary alicyclic amines) is 1. The summed E-state index contributed by atoms with van der Waals surface area (Å²) < 4.78 is 11.2. The molecule has 3 rings (SSSR count). The largest absolute Gasteiger partial charge is 0.507 e. The molecule has 2 aliphatic heterocycles. The molecule has 9 atom stereocenters. The van der Waals surface area contributed by atoms with Crippen LogP contribution in [0.5, 0.6) is 5.75 Å². The molecule has 0 bridgehead atoms. The minimum absolute atomic E-state index is 0.0364. The number of aliphatic hydroxyl groups excluding tert-OH is 3. The fourth-order valence-corrected chi connectivity index (χ4v) is 6.35. The van der Waals surface area contributed by atoms with Crippen LogP contribution in [0.4, 0.5) is 0 Å². The molecule has 0 aliphatic carbocycles. The Hall–Kier alpha value is -1.60. The molecule has 0 spiro atoms.